The molecule has 1 aromatic rings. The molecular weight excluding hydrogens is 376 g/mol. The van der Waals surface area contributed by atoms with Crippen molar-refractivity contribution in [2.75, 3.05) is 0 Å². The molecule has 1 aromatic carbocycles. The van der Waals surface area contributed by atoms with Crippen LogP contribution in [0.1, 0.15) is 70.4 Å². The van der Waals surface area contributed by atoms with Crippen LogP contribution in [0.5, 0.6) is 0 Å². The van der Waals surface area contributed by atoms with Gasteiger partial charge in [0.2, 0.25) is 0 Å². The average Bonchev–Trinajstić information content (AvgIpc) is 2.32. The fourth-order valence-corrected chi connectivity index (χ4v) is 1.67. The van der Waals surface area contributed by atoms with Crippen LogP contribution in [0.25, 0.3) is 0 Å². The van der Waals surface area contributed by atoms with Crippen LogP contribution in [-0.2, 0) is 21.1 Å². The Morgan fingerprint density at radius 2 is 1.41 bits per heavy atom. The van der Waals surface area contributed by atoms with Gasteiger partial charge in [0.15, 0.2) is 0 Å². The van der Waals surface area contributed by atoms with Crippen molar-refractivity contribution in [3.05, 3.63) is 42.3 Å². The standard InChI is InChI=1S/C14H21.C2H6.W/c1-5-6-12(4)14-9-7-13(8-10-14)11(2)3;1-2;/h7-12H,4-6H2,1-3H3;1-2H3;/q-1;;. The molecule has 1 rings (SSSR count). The Hall–Kier alpha value is -0.0917. The van der Waals surface area contributed by atoms with Crippen molar-refractivity contribution >= 4 is 0 Å². The van der Waals surface area contributed by atoms with Gasteiger partial charge in [0, 0.05) is 21.1 Å². The zero-order chi connectivity index (χ0) is 12.6. The zero-order valence-electron chi connectivity index (χ0n) is 12.0. The van der Waals surface area contributed by atoms with E-state index < -0.39 is 0 Å². The van der Waals surface area contributed by atoms with Crippen LogP contribution in [0, 0.1) is 6.92 Å². The van der Waals surface area contributed by atoms with Crippen LogP contribution < -0.4 is 0 Å². The topological polar surface area (TPSA) is 0 Å². The van der Waals surface area contributed by atoms with E-state index in [1.54, 1.807) is 0 Å². The summed E-state index contributed by atoms with van der Waals surface area (Å²) in [5.41, 5.74) is 2.79. The van der Waals surface area contributed by atoms with Gasteiger partial charge in [0.25, 0.3) is 0 Å². The Morgan fingerprint density at radius 1 is 1.00 bits per heavy atom. The van der Waals surface area contributed by atoms with Crippen LogP contribution >= 0.6 is 0 Å². The first kappa shape index (κ1) is 19.3. The van der Waals surface area contributed by atoms with Crippen LogP contribution in [0.2, 0.25) is 0 Å². The molecule has 1 unspecified atom stereocenters. The number of hydrogen-bond donors (Lipinski definition) is 0. The van der Waals surface area contributed by atoms with Crippen LogP contribution in [0.4, 0.5) is 0 Å². The van der Waals surface area contributed by atoms with E-state index in [4.69, 9.17) is 0 Å². The number of rotatable bonds is 4. The summed E-state index contributed by atoms with van der Waals surface area (Å²) < 4.78 is 0. The fraction of sp³-hybridized carbons (Fsp3) is 0.562. The number of benzene rings is 1. The molecule has 0 N–H and O–H groups in total. The molecule has 0 aliphatic carbocycles. The van der Waals surface area contributed by atoms with E-state index in [9.17, 15) is 0 Å². The molecule has 0 fully saturated rings. The Labute approximate surface area is 122 Å². The van der Waals surface area contributed by atoms with E-state index >= 15 is 0 Å². The maximum absolute atomic E-state index is 4.17. The molecule has 98 valence electrons. The quantitative estimate of drug-likeness (QED) is 0.579. The van der Waals surface area contributed by atoms with Gasteiger partial charge in [-0.1, -0.05) is 77.3 Å². The molecule has 0 aliphatic heterocycles. The molecular formula is C16H27W-. The summed E-state index contributed by atoms with van der Waals surface area (Å²) in [6.07, 6.45) is 2.39. The summed E-state index contributed by atoms with van der Waals surface area (Å²) in [4.78, 5) is 0. The molecule has 0 aromatic heterocycles. The van der Waals surface area contributed by atoms with Crippen molar-refractivity contribution in [2.45, 2.75) is 59.3 Å². The molecule has 0 nitrogen and oxygen atoms in total. The summed E-state index contributed by atoms with van der Waals surface area (Å²) >= 11 is 0. The summed E-state index contributed by atoms with van der Waals surface area (Å²) in [5, 5.41) is 0. The minimum absolute atomic E-state index is 0. The smallest absolute Gasteiger partial charge is 0 e. The molecule has 0 saturated carbocycles. The van der Waals surface area contributed by atoms with Crippen molar-refractivity contribution in [2.24, 2.45) is 0 Å². The molecule has 0 amide bonds. The van der Waals surface area contributed by atoms with Crippen molar-refractivity contribution in [3.8, 4) is 0 Å². The predicted octanol–water partition coefficient (Wildman–Crippen LogP) is 5.55. The van der Waals surface area contributed by atoms with Crippen molar-refractivity contribution in [1.82, 2.24) is 0 Å². The first-order valence-corrected chi connectivity index (χ1v) is 6.58. The van der Waals surface area contributed by atoms with Gasteiger partial charge in [0.05, 0.1) is 0 Å². The Bertz CT molecular complexity index is 261. The second kappa shape index (κ2) is 11.0. The molecule has 0 radical (unpaired) electrons. The van der Waals surface area contributed by atoms with E-state index in [2.05, 4.69) is 52.0 Å². The summed E-state index contributed by atoms with van der Waals surface area (Å²) in [6, 6.07) is 8.91. The van der Waals surface area contributed by atoms with E-state index in [0.29, 0.717) is 11.8 Å². The molecule has 1 atom stereocenters. The number of hydrogen-bond acceptors (Lipinski definition) is 0. The van der Waals surface area contributed by atoms with Gasteiger partial charge in [-0.2, -0.15) is 0 Å². The average molecular weight is 403 g/mol. The molecule has 0 spiro atoms. The molecule has 0 aliphatic rings. The van der Waals surface area contributed by atoms with Gasteiger partial charge in [-0.15, -0.1) is 5.92 Å². The maximum Gasteiger partial charge on any atom is 0 e. The second-order valence-electron chi connectivity index (χ2n) is 4.31. The SMILES string of the molecule is CC.[CH2-]C(CCC)c1ccc(C(C)C)cc1.[W]. The van der Waals surface area contributed by atoms with E-state index in [-0.39, 0.29) is 21.1 Å². The Morgan fingerprint density at radius 3 is 1.76 bits per heavy atom. The monoisotopic (exact) mass is 403 g/mol. The molecule has 0 heterocycles. The van der Waals surface area contributed by atoms with E-state index in [1.165, 1.54) is 24.0 Å². The second-order valence-corrected chi connectivity index (χ2v) is 4.31. The Balaban J connectivity index is 0. The van der Waals surface area contributed by atoms with Gasteiger partial charge < -0.3 is 6.92 Å². The van der Waals surface area contributed by atoms with Crippen molar-refractivity contribution in [1.29, 1.82) is 0 Å². The molecule has 17 heavy (non-hydrogen) atoms. The van der Waals surface area contributed by atoms with Crippen LogP contribution in [-0.4, -0.2) is 0 Å². The summed E-state index contributed by atoms with van der Waals surface area (Å²) in [7, 11) is 0. The summed E-state index contributed by atoms with van der Waals surface area (Å²) in [6.45, 7) is 14.8. The van der Waals surface area contributed by atoms with E-state index in [1.807, 2.05) is 13.8 Å². The summed E-state index contributed by atoms with van der Waals surface area (Å²) in [5.74, 6) is 1.08. The zero-order valence-corrected chi connectivity index (χ0v) is 14.9. The van der Waals surface area contributed by atoms with Gasteiger partial charge in [0.1, 0.15) is 0 Å². The first-order valence-electron chi connectivity index (χ1n) is 6.58. The van der Waals surface area contributed by atoms with Gasteiger partial charge in [-0.3, -0.25) is 0 Å². The third-order valence-electron chi connectivity index (χ3n) is 2.71. The predicted molar refractivity (Wildman–Crippen MR) is 74.9 cm³/mol. The molecule has 0 saturated heterocycles. The minimum atomic E-state index is 0. The van der Waals surface area contributed by atoms with Gasteiger partial charge in [-0.05, 0) is 11.5 Å². The van der Waals surface area contributed by atoms with Crippen molar-refractivity contribution < 1.29 is 21.1 Å². The largest absolute Gasteiger partial charge is 0.336 e. The van der Waals surface area contributed by atoms with Gasteiger partial charge >= 0.3 is 0 Å². The maximum atomic E-state index is 4.17. The third-order valence-corrected chi connectivity index (χ3v) is 2.71. The molecule has 0 bridgehead atoms. The normalized spacial score (nSPS) is 11.2. The van der Waals surface area contributed by atoms with Crippen LogP contribution in [0.15, 0.2) is 24.3 Å². The molecule has 1 heteroatoms. The van der Waals surface area contributed by atoms with E-state index in [0.717, 1.165) is 0 Å². The third kappa shape index (κ3) is 7.04. The van der Waals surface area contributed by atoms with Gasteiger partial charge in [-0.25, -0.2) is 0 Å². The van der Waals surface area contributed by atoms with Crippen molar-refractivity contribution in [3.63, 3.8) is 0 Å². The minimum Gasteiger partial charge on any atom is -0.336 e. The fourth-order valence-electron chi connectivity index (χ4n) is 1.67. The van der Waals surface area contributed by atoms with Crippen LogP contribution in [0.3, 0.4) is 0 Å². The Kier molecular flexibility index (Phi) is 12.5. The first-order chi connectivity index (χ1) is 7.65.